The van der Waals surface area contributed by atoms with Crippen LogP contribution in [0, 0.1) is 12.7 Å². The fourth-order valence-electron chi connectivity index (χ4n) is 4.98. The number of amides is 1. The van der Waals surface area contributed by atoms with Crippen molar-refractivity contribution in [2.24, 2.45) is 0 Å². The summed E-state index contributed by atoms with van der Waals surface area (Å²) in [5.74, 6) is -1.27. The summed E-state index contributed by atoms with van der Waals surface area (Å²) < 4.78 is 19.2. The van der Waals surface area contributed by atoms with E-state index in [-0.39, 0.29) is 23.7 Å². The van der Waals surface area contributed by atoms with Crippen LogP contribution < -0.4 is 4.74 Å². The maximum absolute atomic E-state index is 13.4. The topological polar surface area (TPSA) is 82.6 Å². The van der Waals surface area contributed by atoms with E-state index in [4.69, 9.17) is 4.74 Å². The maximum atomic E-state index is 13.4. The third kappa shape index (κ3) is 4.67. The van der Waals surface area contributed by atoms with Gasteiger partial charge in [-0.2, -0.15) is 0 Å². The van der Waals surface area contributed by atoms with Crippen LogP contribution in [0.5, 0.6) is 5.75 Å². The molecule has 38 heavy (non-hydrogen) atoms. The Labute approximate surface area is 220 Å². The van der Waals surface area contributed by atoms with Crippen molar-refractivity contribution < 1.29 is 23.8 Å². The average molecular weight is 513 g/mol. The molecule has 0 saturated carbocycles. The number of carbonyl (C=O) groups excluding carboxylic acids is 2. The van der Waals surface area contributed by atoms with Gasteiger partial charge in [-0.3, -0.25) is 9.59 Å². The van der Waals surface area contributed by atoms with E-state index in [9.17, 15) is 19.1 Å². The number of benzene rings is 3. The summed E-state index contributed by atoms with van der Waals surface area (Å²) in [4.78, 5) is 31.5. The second-order valence-electron chi connectivity index (χ2n) is 9.49. The molecule has 1 aliphatic heterocycles. The molecule has 5 rings (SSSR count). The number of fused-ring (bicyclic) bond motifs is 1. The van der Waals surface area contributed by atoms with Crippen LogP contribution in [0.15, 0.2) is 78.5 Å². The number of aliphatic hydroxyl groups excluding tert-OH is 1. The van der Waals surface area contributed by atoms with E-state index in [1.54, 1.807) is 36.5 Å². The lowest BCUT2D eigenvalue weighted by atomic mass is 9.94. The van der Waals surface area contributed by atoms with E-state index in [1.807, 2.05) is 38.1 Å². The maximum Gasteiger partial charge on any atom is 0.295 e. The van der Waals surface area contributed by atoms with Gasteiger partial charge in [0.25, 0.3) is 11.7 Å². The summed E-state index contributed by atoms with van der Waals surface area (Å²) in [5.41, 5.74) is 3.72. The first-order valence-electron chi connectivity index (χ1n) is 12.7. The number of ether oxygens (including phenoxy) is 1. The van der Waals surface area contributed by atoms with E-state index in [0.29, 0.717) is 24.3 Å². The minimum atomic E-state index is -0.789. The Morgan fingerprint density at radius 3 is 2.58 bits per heavy atom. The molecule has 0 aliphatic carbocycles. The molecule has 1 amide bonds. The highest BCUT2D eigenvalue weighted by Gasteiger charge is 2.46. The number of Topliss-reactive ketones (excluding diaryl/α,β-unsaturated/α-hetero) is 1. The van der Waals surface area contributed by atoms with Crippen LogP contribution in [0.1, 0.15) is 41.6 Å². The van der Waals surface area contributed by atoms with Crippen molar-refractivity contribution in [2.45, 2.75) is 32.7 Å². The molecule has 0 radical (unpaired) electrons. The second kappa shape index (κ2) is 10.5. The smallest absolute Gasteiger partial charge is 0.295 e. The molecule has 2 heterocycles. The van der Waals surface area contributed by atoms with Gasteiger partial charge >= 0.3 is 0 Å². The molecule has 1 fully saturated rings. The van der Waals surface area contributed by atoms with Gasteiger partial charge in [0.15, 0.2) is 0 Å². The number of ketones is 1. The number of hydrogen-bond donors (Lipinski definition) is 2. The largest absolute Gasteiger partial charge is 0.507 e. The summed E-state index contributed by atoms with van der Waals surface area (Å²) in [7, 11) is 0. The van der Waals surface area contributed by atoms with Gasteiger partial charge in [-0.25, -0.2) is 4.39 Å². The van der Waals surface area contributed by atoms with Crippen molar-refractivity contribution in [3.63, 3.8) is 0 Å². The molecule has 1 unspecified atom stereocenters. The minimum Gasteiger partial charge on any atom is -0.507 e. The number of nitrogens with one attached hydrogen (secondary N) is 1. The van der Waals surface area contributed by atoms with Crippen molar-refractivity contribution in [2.75, 3.05) is 13.2 Å². The van der Waals surface area contributed by atoms with Crippen LogP contribution in [0.2, 0.25) is 0 Å². The third-order valence-corrected chi connectivity index (χ3v) is 6.92. The van der Waals surface area contributed by atoms with E-state index < -0.39 is 17.7 Å². The molecular weight excluding hydrogens is 483 g/mol. The van der Waals surface area contributed by atoms with Gasteiger partial charge in [0, 0.05) is 34.8 Å². The number of carbonyl (C=O) groups is 2. The number of aromatic amines is 1. The summed E-state index contributed by atoms with van der Waals surface area (Å²) in [6, 6.07) is 18.1. The summed E-state index contributed by atoms with van der Waals surface area (Å²) >= 11 is 0. The van der Waals surface area contributed by atoms with E-state index in [1.165, 1.54) is 17.0 Å². The molecule has 2 N–H and O–H groups in total. The van der Waals surface area contributed by atoms with Crippen LogP contribution in [0.3, 0.4) is 0 Å². The van der Waals surface area contributed by atoms with Gasteiger partial charge in [0.1, 0.15) is 17.3 Å². The first-order chi connectivity index (χ1) is 18.4. The molecular formula is C31H29FN2O4. The van der Waals surface area contributed by atoms with Crippen molar-refractivity contribution in [1.82, 2.24) is 9.88 Å². The number of halogens is 1. The van der Waals surface area contributed by atoms with E-state index >= 15 is 0 Å². The molecule has 0 spiro atoms. The zero-order chi connectivity index (χ0) is 26.8. The predicted molar refractivity (Wildman–Crippen MR) is 144 cm³/mol. The number of H-pyrrole nitrogens is 1. The normalized spacial score (nSPS) is 16.9. The van der Waals surface area contributed by atoms with Gasteiger partial charge in [-0.15, -0.1) is 0 Å². The number of hydrogen-bond acceptors (Lipinski definition) is 4. The van der Waals surface area contributed by atoms with E-state index in [2.05, 4.69) is 4.98 Å². The lowest BCUT2D eigenvalue weighted by Crippen LogP contribution is -2.31. The Bertz CT molecular complexity index is 1540. The Morgan fingerprint density at radius 1 is 1.08 bits per heavy atom. The van der Waals surface area contributed by atoms with Gasteiger partial charge in [0.2, 0.25) is 0 Å². The third-order valence-electron chi connectivity index (χ3n) is 6.92. The molecule has 7 heteroatoms. The van der Waals surface area contributed by atoms with Crippen LogP contribution in [0.25, 0.3) is 16.7 Å². The summed E-state index contributed by atoms with van der Waals surface area (Å²) in [5, 5.41) is 12.3. The van der Waals surface area contributed by atoms with Gasteiger partial charge in [0.05, 0.1) is 18.2 Å². The number of rotatable bonds is 8. The van der Waals surface area contributed by atoms with Crippen LogP contribution in [0.4, 0.5) is 4.39 Å². The first-order valence-corrected chi connectivity index (χ1v) is 12.7. The number of aromatic nitrogens is 1. The van der Waals surface area contributed by atoms with Crippen molar-refractivity contribution in [3.05, 3.63) is 107 Å². The summed E-state index contributed by atoms with van der Waals surface area (Å²) in [6.07, 6.45) is 3.08. The minimum absolute atomic E-state index is 0.0421. The number of likely N-dealkylation sites (tertiary alicyclic amines) is 1. The highest BCUT2D eigenvalue weighted by molar-refractivity contribution is 6.46. The monoisotopic (exact) mass is 512 g/mol. The van der Waals surface area contributed by atoms with Crippen molar-refractivity contribution in [3.8, 4) is 5.75 Å². The zero-order valence-electron chi connectivity index (χ0n) is 21.3. The van der Waals surface area contributed by atoms with Gasteiger partial charge in [-0.05, 0) is 67.3 Å². The molecule has 3 aromatic carbocycles. The summed E-state index contributed by atoms with van der Waals surface area (Å²) in [6.45, 7) is 4.70. The molecule has 6 nitrogen and oxygen atoms in total. The quantitative estimate of drug-likeness (QED) is 0.171. The van der Waals surface area contributed by atoms with Crippen molar-refractivity contribution in [1.29, 1.82) is 0 Å². The van der Waals surface area contributed by atoms with Crippen LogP contribution in [-0.4, -0.2) is 39.8 Å². The Kier molecular flexibility index (Phi) is 7.01. The molecule has 194 valence electrons. The number of aliphatic hydroxyl groups is 1. The Morgan fingerprint density at radius 2 is 1.84 bits per heavy atom. The Balaban J connectivity index is 1.59. The fraction of sp³-hybridized carbons (Fsp3) is 0.226. The first kappa shape index (κ1) is 25.3. The molecule has 1 saturated heterocycles. The fourth-order valence-corrected chi connectivity index (χ4v) is 4.98. The predicted octanol–water partition coefficient (Wildman–Crippen LogP) is 6.07. The van der Waals surface area contributed by atoms with Gasteiger partial charge < -0.3 is 19.7 Å². The highest BCUT2D eigenvalue weighted by Crippen LogP contribution is 2.42. The average Bonchev–Trinajstić information content (AvgIpc) is 3.45. The molecule has 1 aliphatic rings. The molecule has 1 atom stereocenters. The molecule has 1 aromatic heterocycles. The lowest BCUT2D eigenvalue weighted by Gasteiger charge is -2.25. The SMILES string of the molecule is CCCOc1ccc(/C(O)=C2\C(=O)C(=O)N(CCc3ccc(F)cc3)C2c2c[nH]c3ccccc23)cc1C. The number of nitrogens with zero attached hydrogens (tertiary/aromatic N) is 1. The second-order valence-corrected chi connectivity index (χ2v) is 9.49. The number of para-hydroxylation sites is 1. The lowest BCUT2D eigenvalue weighted by molar-refractivity contribution is -0.139. The molecule has 0 bridgehead atoms. The van der Waals surface area contributed by atoms with Crippen LogP contribution in [-0.2, 0) is 16.0 Å². The van der Waals surface area contributed by atoms with Gasteiger partial charge in [-0.1, -0.05) is 37.3 Å². The number of aryl methyl sites for hydroxylation is 1. The Hall–Kier alpha value is -4.39. The van der Waals surface area contributed by atoms with Crippen molar-refractivity contribution >= 4 is 28.4 Å². The van der Waals surface area contributed by atoms with E-state index in [0.717, 1.165) is 34.0 Å². The van der Waals surface area contributed by atoms with Crippen LogP contribution >= 0.6 is 0 Å². The highest BCUT2D eigenvalue weighted by atomic mass is 19.1. The molecule has 4 aromatic rings. The standard InChI is InChI=1S/C31H29FN2O4/c1-3-16-38-26-13-10-21(17-19(26)2)29(35)27-28(24-18-33-25-7-5-4-6-23(24)25)34(31(37)30(27)36)15-14-20-8-11-22(32)12-9-20/h4-13,17-18,28,33,35H,3,14-16H2,1-2H3/b29-27+. The zero-order valence-corrected chi connectivity index (χ0v) is 21.3.